The predicted octanol–water partition coefficient (Wildman–Crippen LogP) is 2.05. The van der Waals surface area contributed by atoms with Gasteiger partial charge in [0.25, 0.3) is 11.8 Å². The minimum atomic E-state index is -0.827. The molecule has 4 rings (SSSR count). The molecule has 6 amide bonds. The maximum Gasteiger partial charge on any atom is 0.328 e. The number of unbranched alkanes of at least 4 members (excludes halogenated alkanes) is 4. The second-order valence-electron chi connectivity index (χ2n) is 18.8. The molecule has 0 aliphatic carbocycles. The molecule has 8 atom stereocenters. The molecule has 3 heterocycles. The Hall–Kier alpha value is -5.04. The van der Waals surface area contributed by atoms with Gasteiger partial charge in [0.2, 0.25) is 11.8 Å². The first-order valence-corrected chi connectivity index (χ1v) is 28.0. The van der Waals surface area contributed by atoms with Gasteiger partial charge in [0.05, 0.1) is 51.7 Å². The quantitative estimate of drug-likeness (QED) is 0.0201. The van der Waals surface area contributed by atoms with E-state index in [1.165, 1.54) is 25.3 Å². The Morgan fingerprint density at radius 2 is 1.38 bits per heavy atom. The van der Waals surface area contributed by atoms with Crippen LogP contribution in [0.15, 0.2) is 28.2 Å². The molecule has 1 aromatic rings. The lowest BCUT2D eigenvalue weighted by Crippen LogP contribution is -2.41. The Labute approximate surface area is 439 Å². The fourth-order valence-corrected chi connectivity index (χ4v) is 12.0. The summed E-state index contributed by atoms with van der Waals surface area (Å²) in [6.07, 6.45) is 9.42. The van der Waals surface area contributed by atoms with Crippen LogP contribution in [0.4, 0.5) is 10.5 Å². The van der Waals surface area contributed by atoms with Crippen LogP contribution in [0.5, 0.6) is 0 Å². The summed E-state index contributed by atoms with van der Waals surface area (Å²) in [5.41, 5.74) is 23.0. The summed E-state index contributed by atoms with van der Waals surface area (Å²) < 4.78 is 15.7. The van der Waals surface area contributed by atoms with Gasteiger partial charge < -0.3 is 74.4 Å². The number of fused-ring (bicyclic) bond motifs is 1. The molecule has 410 valence electrons. The summed E-state index contributed by atoms with van der Waals surface area (Å²) >= 11 is 3.77. The zero-order chi connectivity index (χ0) is 53.0. The number of benzene rings is 1. The number of hydrogen-bond donors (Lipinski definition) is 11. The highest BCUT2D eigenvalue weighted by Gasteiger charge is 2.40. The van der Waals surface area contributed by atoms with E-state index in [0.29, 0.717) is 93.8 Å². The highest BCUT2D eigenvalue weighted by atomic mass is 32.2. The summed E-state index contributed by atoms with van der Waals surface area (Å²) in [5, 5.41) is 21.1. The van der Waals surface area contributed by atoms with Crippen LogP contribution < -0.4 is 60.2 Å². The number of urea groups is 1. The van der Waals surface area contributed by atoms with Gasteiger partial charge in [-0.3, -0.25) is 19.2 Å². The highest BCUT2D eigenvalue weighted by Crippen LogP contribution is 2.37. The zero-order valence-corrected chi connectivity index (χ0v) is 44.6. The van der Waals surface area contributed by atoms with Gasteiger partial charge in [-0.1, -0.05) is 19.8 Å². The fraction of sp³-hybridized carbons (Fsp3) is 0.714. The van der Waals surface area contributed by atoms with Crippen molar-refractivity contribution < 1.29 is 43.0 Å². The number of anilines is 1. The molecule has 0 spiro atoms. The Morgan fingerprint density at radius 1 is 0.767 bits per heavy atom. The minimum Gasteiger partial charge on any atom is -0.467 e. The van der Waals surface area contributed by atoms with Crippen LogP contribution in [-0.4, -0.2) is 159 Å². The van der Waals surface area contributed by atoms with Crippen LogP contribution in [0.25, 0.3) is 0 Å². The number of hydrogen-bond acceptors (Lipinski definition) is 16. The number of nitrogens with one attached hydrogen (secondary N) is 7. The molecule has 0 unspecified atom stereocenters. The Morgan fingerprint density at radius 3 is 2.03 bits per heavy atom. The monoisotopic (exact) mass is 1060 g/mol. The third-order valence-electron chi connectivity index (χ3n) is 12.8. The van der Waals surface area contributed by atoms with Gasteiger partial charge in [0.15, 0.2) is 11.9 Å². The van der Waals surface area contributed by atoms with Crippen LogP contribution in [0.3, 0.4) is 0 Å². The second-order valence-corrected chi connectivity index (χ2v) is 21.3. The summed E-state index contributed by atoms with van der Waals surface area (Å²) in [4.78, 5) is 86.7. The number of carbonyl (C=O) groups is 6. The number of nitrogens with two attached hydrogens (primary N) is 4. The Bertz CT molecular complexity index is 1980. The van der Waals surface area contributed by atoms with E-state index in [1.54, 1.807) is 0 Å². The molecule has 22 nitrogen and oxygen atoms in total. The van der Waals surface area contributed by atoms with E-state index >= 15 is 0 Å². The molecule has 73 heavy (non-hydrogen) atoms. The van der Waals surface area contributed by atoms with Crippen molar-refractivity contribution in [3.05, 3.63) is 29.3 Å². The molecule has 2 saturated heterocycles. The molecule has 1 aromatic carbocycles. The molecule has 2 fully saturated rings. The first-order valence-electron chi connectivity index (χ1n) is 25.9. The van der Waals surface area contributed by atoms with Gasteiger partial charge in [-0.2, -0.15) is 23.5 Å². The van der Waals surface area contributed by atoms with E-state index < -0.39 is 29.9 Å². The average Bonchev–Trinajstić information content (AvgIpc) is 4.03. The Balaban J connectivity index is 1.19. The number of methoxy groups -OCH3 is 1. The van der Waals surface area contributed by atoms with E-state index in [1.807, 2.05) is 30.4 Å². The first-order chi connectivity index (χ1) is 35.2. The van der Waals surface area contributed by atoms with Gasteiger partial charge in [-0.25, -0.2) is 19.6 Å². The van der Waals surface area contributed by atoms with E-state index in [0.717, 1.165) is 56.5 Å². The van der Waals surface area contributed by atoms with E-state index in [2.05, 4.69) is 54.1 Å². The van der Waals surface area contributed by atoms with Crippen molar-refractivity contribution in [1.82, 2.24) is 31.9 Å². The minimum absolute atomic E-state index is 0.0251. The van der Waals surface area contributed by atoms with Crippen molar-refractivity contribution in [2.24, 2.45) is 38.8 Å². The van der Waals surface area contributed by atoms with Crippen LogP contribution in [0.1, 0.15) is 124 Å². The van der Waals surface area contributed by atoms with Crippen molar-refractivity contribution in [3.63, 3.8) is 0 Å². The fourth-order valence-electron chi connectivity index (χ4n) is 8.87. The number of esters is 1. The lowest BCUT2D eigenvalue weighted by Gasteiger charge is -2.17. The second kappa shape index (κ2) is 33.7. The summed E-state index contributed by atoms with van der Waals surface area (Å²) in [7, 11) is 1.28. The number of nitrogens with zero attached hydrogens (tertiary/aromatic N) is 2. The van der Waals surface area contributed by atoms with Gasteiger partial charge in [-0.05, 0) is 95.2 Å². The summed E-state index contributed by atoms with van der Waals surface area (Å²) in [6.45, 7) is 6.76. The van der Waals surface area contributed by atoms with Crippen LogP contribution >= 0.6 is 23.5 Å². The average molecular weight is 1060 g/mol. The predicted molar refractivity (Wildman–Crippen MR) is 289 cm³/mol. The number of guanidine groups is 2. The van der Waals surface area contributed by atoms with Crippen molar-refractivity contribution in [2.75, 3.05) is 76.5 Å². The maximum atomic E-state index is 13.5. The standard InChI is InChI=1S/C49H83N13O9S2/c1-31(57-41(63)16-6-4-14-39-32(2)37(29-72-39)60-47(51)52)12-8-10-19-54-44(65)33-26-34(28-35(27-33)58-49(68)56-21-23-71-25-24-70-22-18-50)45(66)55-20-11-9-13-36(46(67)69-3)59-42(64)17-7-5-15-40-43-38(30-73-40)61-48(53)62-43/h26-28,31-32,36-40,43H,4-25,29-30,50H2,1-3H3,(H,54,65)(H,55,66)(H,57,63)(H,59,64)(H4,51,52,60)(H3,53,61,62)(H2,56,58,68)/t31-,32+,36+,37+,38+,39+,40+,43+/m1/s1. The molecule has 3 aliphatic heterocycles. The van der Waals surface area contributed by atoms with Crippen LogP contribution in [0, 0.1) is 5.92 Å². The third-order valence-corrected chi connectivity index (χ3v) is 16.0. The normalized spacial score (nSPS) is 20.6. The van der Waals surface area contributed by atoms with Crippen molar-refractivity contribution in [1.29, 1.82) is 0 Å². The zero-order valence-electron chi connectivity index (χ0n) is 43.0. The number of carbonyl (C=O) groups excluding carboxylic acids is 6. The molecular weight excluding hydrogens is 979 g/mol. The maximum absolute atomic E-state index is 13.5. The van der Waals surface area contributed by atoms with Crippen LogP contribution in [0.2, 0.25) is 0 Å². The lowest BCUT2D eigenvalue weighted by atomic mass is 9.96. The Kier molecular flexibility index (Phi) is 27.9. The summed E-state index contributed by atoms with van der Waals surface area (Å²) in [6, 6.07) is 3.62. The van der Waals surface area contributed by atoms with Crippen molar-refractivity contribution in [3.8, 4) is 0 Å². The smallest absolute Gasteiger partial charge is 0.328 e. The van der Waals surface area contributed by atoms with Crippen LogP contribution in [-0.2, 0) is 28.6 Å². The molecule has 3 aliphatic rings. The lowest BCUT2D eigenvalue weighted by molar-refractivity contribution is -0.145. The molecule has 0 saturated carbocycles. The molecular formula is C49H83N13O9S2. The SMILES string of the molecule is COC(=O)[C@H](CCCCNC(=O)c1cc(NC(=O)NCCOCCOCCN)cc(C(=O)NCCCC[C@@H](C)NC(=O)CCCC[C@@H]2SC[C@H](N=C(N)N)[C@@H]2C)c1)NC(=O)CCCC[C@@H]1SC[C@@H]2NC(N)=N[C@@H]21. The molecule has 0 bridgehead atoms. The molecule has 0 radical (unpaired) electrons. The van der Waals surface area contributed by atoms with Gasteiger partial charge in [0, 0.05) is 83.9 Å². The van der Waals surface area contributed by atoms with E-state index in [9.17, 15) is 28.8 Å². The molecule has 24 heteroatoms. The molecule has 0 aromatic heterocycles. The van der Waals surface area contributed by atoms with Gasteiger partial charge in [0.1, 0.15) is 6.04 Å². The van der Waals surface area contributed by atoms with Crippen molar-refractivity contribution >= 4 is 76.8 Å². The van der Waals surface area contributed by atoms with E-state index in [4.69, 9.17) is 37.1 Å². The van der Waals surface area contributed by atoms with Gasteiger partial charge in [-0.15, -0.1) is 0 Å². The highest BCUT2D eigenvalue weighted by molar-refractivity contribution is 8.00. The number of aliphatic imine (C=N–C) groups is 2. The van der Waals surface area contributed by atoms with Gasteiger partial charge >= 0.3 is 12.0 Å². The number of rotatable bonds is 35. The van der Waals surface area contributed by atoms with E-state index in [-0.39, 0.29) is 84.9 Å². The summed E-state index contributed by atoms with van der Waals surface area (Å²) in [5.74, 6) is 1.24. The third kappa shape index (κ3) is 22.9. The number of amides is 6. The largest absolute Gasteiger partial charge is 0.467 e. The van der Waals surface area contributed by atoms with Crippen molar-refractivity contribution in [2.45, 2.75) is 144 Å². The first kappa shape index (κ1) is 60.5. The topological polar surface area (TPSA) is 343 Å². The number of thioether (sulfide) groups is 2. The molecule has 15 N–H and O–H groups in total. The number of ether oxygens (including phenoxy) is 3.